The Morgan fingerprint density at radius 1 is 1.04 bits per heavy atom. The number of para-hydroxylation sites is 1. The lowest BCUT2D eigenvalue weighted by molar-refractivity contribution is -0.120. The Labute approximate surface area is 141 Å². The normalized spacial score (nSPS) is 10.9. The van der Waals surface area contributed by atoms with E-state index in [4.69, 9.17) is 4.74 Å². The first-order valence-corrected chi connectivity index (χ1v) is 8.24. The summed E-state index contributed by atoms with van der Waals surface area (Å²) in [6, 6.07) is 16.1. The molecule has 3 aromatic rings. The van der Waals surface area contributed by atoms with Crippen molar-refractivity contribution in [1.82, 2.24) is 10.3 Å². The zero-order chi connectivity index (χ0) is 16.8. The number of carbonyl (C=O) groups excluding carboxylic acids is 1. The van der Waals surface area contributed by atoms with E-state index in [0.29, 0.717) is 26.2 Å². The van der Waals surface area contributed by atoms with Gasteiger partial charge in [-0.3, -0.25) is 4.79 Å². The molecule has 0 aliphatic rings. The van der Waals surface area contributed by atoms with Gasteiger partial charge in [0, 0.05) is 30.3 Å². The average molecular weight is 322 g/mol. The molecule has 4 heteroatoms. The highest BCUT2D eigenvalue weighted by molar-refractivity contribution is 5.88. The molecule has 1 amide bonds. The molecule has 2 N–H and O–H groups in total. The number of fused-ring (bicyclic) bond motifs is 1. The second kappa shape index (κ2) is 7.79. The lowest BCUT2D eigenvalue weighted by atomic mass is 10.1. The topological polar surface area (TPSA) is 54.1 Å². The van der Waals surface area contributed by atoms with Crippen LogP contribution in [0.3, 0.4) is 0 Å². The average Bonchev–Trinajstić information content (AvgIpc) is 3.02. The molecule has 1 heterocycles. The zero-order valence-corrected chi connectivity index (χ0v) is 13.8. The van der Waals surface area contributed by atoms with Crippen LogP contribution in [0, 0.1) is 0 Å². The maximum absolute atomic E-state index is 12.3. The van der Waals surface area contributed by atoms with E-state index in [9.17, 15) is 4.79 Å². The van der Waals surface area contributed by atoms with E-state index >= 15 is 0 Å². The summed E-state index contributed by atoms with van der Waals surface area (Å²) in [5.74, 6) is 0.0194. The van der Waals surface area contributed by atoms with Crippen molar-refractivity contribution in [3.63, 3.8) is 0 Å². The molecule has 0 saturated carbocycles. The minimum atomic E-state index is 0.0194. The van der Waals surface area contributed by atoms with E-state index in [-0.39, 0.29) is 5.91 Å². The zero-order valence-electron chi connectivity index (χ0n) is 13.8. The van der Waals surface area contributed by atoms with Gasteiger partial charge in [-0.2, -0.15) is 0 Å². The smallest absolute Gasteiger partial charge is 0.224 e. The summed E-state index contributed by atoms with van der Waals surface area (Å²) in [6.07, 6.45) is 2.28. The fourth-order valence-corrected chi connectivity index (χ4v) is 2.79. The van der Waals surface area contributed by atoms with Gasteiger partial charge in [-0.1, -0.05) is 42.5 Å². The number of hydrogen-bond donors (Lipinski definition) is 2. The summed E-state index contributed by atoms with van der Waals surface area (Å²) < 4.78 is 5.48. The standard InChI is InChI=1S/C20H22N2O2/c1-2-24-14-16-8-4-3-7-15(16)12-22-20(23)11-17-13-21-19-10-6-5-9-18(17)19/h3-10,13,21H,2,11-12,14H2,1H3,(H,22,23). The van der Waals surface area contributed by atoms with Crippen LogP contribution in [0.25, 0.3) is 10.9 Å². The molecule has 0 spiro atoms. The van der Waals surface area contributed by atoms with Gasteiger partial charge in [0.05, 0.1) is 13.0 Å². The minimum Gasteiger partial charge on any atom is -0.377 e. The van der Waals surface area contributed by atoms with Gasteiger partial charge in [0.1, 0.15) is 0 Å². The highest BCUT2D eigenvalue weighted by atomic mass is 16.5. The molecule has 0 radical (unpaired) electrons. The van der Waals surface area contributed by atoms with Gasteiger partial charge in [0.2, 0.25) is 5.91 Å². The number of benzene rings is 2. The summed E-state index contributed by atoms with van der Waals surface area (Å²) in [4.78, 5) is 15.5. The molecular weight excluding hydrogens is 300 g/mol. The second-order valence-corrected chi connectivity index (χ2v) is 5.72. The minimum absolute atomic E-state index is 0.0194. The molecule has 24 heavy (non-hydrogen) atoms. The number of nitrogens with one attached hydrogen (secondary N) is 2. The molecule has 0 aliphatic carbocycles. The first kappa shape index (κ1) is 16.3. The van der Waals surface area contributed by atoms with Gasteiger partial charge in [-0.05, 0) is 29.7 Å². The summed E-state index contributed by atoms with van der Waals surface area (Å²) in [7, 11) is 0. The molecule has 124 valence electrons. The predicted octanol–water partition coefficient (Wildman–Crippen LogP) is 3.56. The number of aromatic amines is 1. The quantitative estimate of drug-likeness (QED) is 0.699. The first-order valence-electron chi connectivity index (χ1n) is 8.24. The Morgan fingerprint density at radius 2 is 1.79 bits per heavy atom. The third kappa shape index (κ3) is 3.84. The fraction of sp³-hybridized carbons (Fsp3) is 0.250. The van der Waals surface area contributed by atoms with Crippen LogP contribution in [0.1, 0.15) is 23.6 Å². The molecule has 0 bridgehead atoms. The van der Waals surface area contributed by atoms with Crippen molar-refractivity contribution in [1.29, 1.82) is 0 Å². The van der Waals surface area contributed by atoms with Gasteiger partial charge in [-0.25, -0.2) is 0 Å². The number of rotatable bonds is 7. The molecule has 0 fully saturated rings. The van der Waals surface area contributed by atoms with Crippen molar-refractivity contribution in [3.05, 3.63) is 71.4 Å². The summed E-state index contributed by atoms with van der Waals surface area (Å²) in [5.41, 5.74) is 4.29. The second-order valence-electron chi connectivity index (χ2n) is 5.72. The molecular formula is C20H22N2O2. The Hall–Kier alpha value is -2.59. The van der Waals surface area contributed by atoms with E-state index in [2.05, 4.69) is 10.3 Å². The fourth-order valence-electron chi connectivity index (χ4n) is 2.79. The van der Waals surface area contributed by atoms with Crippen LogP contribution in [-0.2, 0) is 29.1 Å². The van der Waals surface area contributed by atoms with Crippen molar-refractivity contribution in [3.8, 4) is 0 Å². The van der Waals surface area contributed by atoms with E-state index in [1.165, 1.54) is 0 Å². The first-order chi connectivity index (χ1) is 11.8. The molecule has 2 aromatic carbocycles. The SMILES string of the molecule is CCOCc1ccccc1CNC(=O)Cc1c[nH]c2ccccc12. The summed E-state index contributed by atoms with van der Waals surface area (Å²) >= 11 is 0. The molecule has 0 atom stereocenters. The van der Waals surface area contributed by atoms with Crippen LogP contribution in [0.15, 0.2) is 54.7 Å². The molecule has 4 nitrogen and oxygen atoms in total. The number of ether oxygens (including phenoxy) is 1. The predicted molar refractivity (Wildman–Crippen MR) is 95.6 cm³/mol. The van der Waals surface area contributed by atoms with Crippen LogP contribution in [0.5, 0.6) is 0 Å². The van der Waals surface area contributed by atoms with E-state index < -0.39 is 0 Å². The Balaban J connectivity index is 1.62. The van der Waals surface area contributed by atoms with Crippen molar-refractivity contribution >= 4 is 16.8 Å². The number of H-pyrrole nitrogens is 1. The van der Waals surface area contributed by atoms with Crippen LogP contribution in [0.2, 0.25) is 0 Å². The highest BCUT2D eigenvalue weighted by Gasteiger charge is 2.09. The third-order valence-corrected chi connectivity index (χ3v) is 4.08. The molecule has 3 rings (SSSR count). The molecule has 1 aromatic heterocycles. The van der Waals surface area contributed by atoms with Gasteiger partial charge >= 0.3 is 0 Å². The van der Waals surface area contributed by atoms with E-state index in [1.54, 1.807) is 0 Å². The lowest BCUT2D eigenvalue weighted by Crippen LogP contribution is -2.25. The van der Waals surface area contributed by atoms with Gasteiger partial charge < -0.3 is 15.0 Å². The Kier molecular flexibility index (Phi) is 5.29. The van der Waals surface area contributed by atoms with Crippen LogP contribution >= 0.6 is 0 Å². The van der Waals surface area contributed by atoms with Gasteiger partial charge in [0.15, 0.2) is 0 Å². The largest absolute Gasteiger partial charge is 0.377 e. The van der Waals surface area contributed by atoms with Gasteiger partial charge in [-0.15, -0.1) is 0 Å². The lowest BCUT2D eigenvalue weighted by Gasteiger charge is -2.10. The monoisotopic (exact) mass is 322 g/mol. The third-order valence-electron chi connectivity index (χ3n) is 4.08. The number of aromatic nitrogens is 1. The summed E-state index contributed by atoms with van der Waals surface area (Å²) in [5, 5.41) is 4.11. The maximum atomic E-state index is 12.3. The Morgan fingerprint density at radius 3 is 2.62 bits per heavy atom. The maximum Gasteiger partial charge on any atom is 0.224 e. The van der Waals surface area contributed by atoms with E-state index in [0.717, 1.165) is 27.6 Å². The van der Waals surface area contributed by atoms with Crippen molar-refractivity contribution < 1.29 is 9.53 Å². The van der Waals surface area contributed by atoms with E-state index in [1.807, 2.05) is 61.7 Å². The highest BCUT2D eigenvalue weighted by Crippen LogP contribution is 2.18. The van der Waals surface area contributed by atoms with Crippen LogP contribution in [0.4, 0.5) is 0 Å². The Bertz CT molecular complexity index is 823. The number of hydrogen-bond acceptors (Lipinski definition) is 2. The van der Waals surface area contributed by atoms with Gasteiger partial charge in [0.25, 0.3) is 0 Å². The number of amides is 1. The number of carbonyl (C=O) groups is 1. The van der Waals surface area contributed by atoms with Crippen LogP contribution < -0.4 is 5.32 Å². The van der Waals surface area contributed by atoms with Crippen molar-refractivity contribution in [2.75, 3.05) is 6.61 Å². The van der Waals surface area contributed by atoms with Crippen molar-refractivity contribution in [2.45, 2.75) is 26.5 Å². The molecule has 0 aliphatic heterocycles. The van der Waals surface area contributed by atoms with Crippen molar-refractivity contribution in [2.24, 2.45) is 0 Å². The summed E-state index contributed by atoms with van der Waals surface area (Å²) in [6.45, 7) is 3.75. The molecule has 0 unspecified atom stereocenters. The molecule has 0 saturated heterocycles. The van der Waals surface area contributed by atoms with Crippen LogP contribution in [-0.4, -0.2) is 17.5 Å².